The molecule has 7 heteroatoms. The summed E-state index contributed by atoms with van der Waals surface area (Å²) in [6.45, 7) is 4.15. The Morgan fingerprint density at radius 1 is 0.967 bits per heavy atom. The highest BCUT2D eigenvalue weighted by Gasteiger charge is 2.54. The minimum absolute atomic E-state index is 0.0654. The molecule has 4 aliphatic rings. The molecular formula is C23H31NO5S. The molecular weight excluding hydrogens is 402 g/mol. The number of sulfonamides is 1. The summed E-state index contributed by atoms with van der Waals surface area (Å²) in [6, 6.07) is 5.75. The fourth-order valence-electron chi connectivity index (χ4n) is 6.30. The molecule has 5 rings (SSSR count). The minimum Gasteiger partial charge on any atom is -0.454 e. The summed E-state index contributed by atoms with van der Waals surface area (Å²) in [5.74, 6) is 1.47. The van der Waals surface area contributed by atoms with Gasteiger partial charge in [0.05, 0.1) is 10.5 Å². The monoisotopic (exact) mass is 433 g/mol. The van der Waals surface area contributed by atoms with E-state index in [4.69, 9.17) is 4.74 Å². The first-order chi connectivity index (χ1) is 14.3. The summed E-state index contributed by atoms with van der Waals surface area (Å²) in [5, 5.41) is 0. The fourth-order valence-corrected chi connectivity index (χ4v) is 7.75. The largest absolute Gasteiger partial charge is 0.454 e. The van der Waals surface area contributed by atoms with Gasteiger partial charge in [0.25, 0.3) is 0 Å². The standard InChI is InChI=1S/C23H31NO5S/c1-3-24(4-2)30(27,28)20-7-5-19(6-8-20)22(26)29-15-21(25)23-12-16-9-17(13-23)11-18(10-16)14-23/h5-8,16-18H,3-4,9-15H2,1-2H3. The second-order valence-electron chi connectivity index (χ2n) is 9.31. The van der Waals surface area contributed by atoms with Gasteiger partial charge >= 0.3 is 5.97 Å². The van der Waals surface area contributed by atoms with Crippen molar-refractivity contribution in [2.45, 2.75) is 57.3 Å². The third-order valence-electron chi connectivity index (χ3n) is 7.40. The molecule has 0 amide bonds. The lowest BCUT2D eigenvalue weighted by Crippen LogP contribution is -2.51. The Balaban J connectivity index is 1.38. The van der Waals surface area contributed by atoms with E-state index < -0.39 is 16.0 Å². The first-order valence-electron chi connectivity index (χ1n) is 11.1. The number of hydrogen-bond donors (Lipinski definition) is 0. The van der Waals surface area contributed by atoms with Crippen LogP contribution in [0.5, 0.6) is 0 Å². The van der Waals surface area contributed by atoms with Crippen molar-refractivity contribution in [3.05, 3.63) is 29.8 Å². The zero-order valence-corrected chi connectivity index (χ0v) is 18.6. The second-order valence-corrected chi connectivity index (χ2v) is 11.2. The van der Waals surface area contributed by atoms with Gasteiger partial charge in [-0.1, -0.05) is 13.8 Å². The van der Waals surface area contributed by atoms with Crippen LogP contribution in [0.3, 0.4) is 0 Å². The van der Waals surface area contributed by atoms with Gasteiger partial charge in [0.1, 0.15) is 0 Å². The van der Waals surface area contributed by atoms with Crippen LogP contribution in [0.2, 0.25) is 0 Å². The summed E-state index contributed by atoms with van der Waals surface area (Å²) >= 11 is 0. The van der Waals surface area contributed by atoms with Crippen molar-refractivity contribution in [2.24, 2.45) is 23.2 Å². The molecule has 4 saturated carbocycles. The molecule has 4 fully saturated rings. The summed E-state index contributed by atoms with van der Waals surface area (Å²) in [7, 11) is -3.57. The Morgan fingerprint density at radius 3 is 1.93 bits per heavy atom. The molecule has 30 heavy (non-hydrogen) atoms. The highest BCUT2D eigenvalue weighted by Crippen LogP contribution is 2.60. The second kappa shape index (κ2) is 8.08. The number of Topliss-reactive ketones (excluding diaryl/α,β-unsaturated/α-hetero) is 1. The van der Waals surface area contributed by atoms with Gasteiger partial charge in [-0.15, -0.1) is 0 Å². The maximum Gasteiger partial charge on any atom is 0.338 e. The topological polar surface area (TPSA) is 80.8 Å². The lowest BCUT2D eigenvalue weighted by atomic mass is 9.48. The first kappa shape index (κ1) is 21.5. The van der Waals surface area contributed by atoms with Gasteiger partial charge in [0.2, 0.25) is 10.0 Å². The smallest absolute Gasteiger partial charge is 0.338 e. The molecule has 0 N–H and O–H groups in total. The van der Waals surface area contributed by atoms with Crippen molar-refractivity contribution in [3.63, 3.8) is 0 Å². The molecule has 0 aliphatic heterocycles. The van der Waals surface area contributed by atoms with E-state index in [1.807, 2.05) is 0 Å². The molecule has 0 saturated heterocycles. The number of nitrogens with zero attached hydrogens (tertiary/aromatic N) is 1. The van der Waals surface area contributed by atoms with Gasteiger partial charge in [-0.2, -0.15) is 4.31 Å². The summed E-state index contributed by atoms with van der Waals surface area (Å²) in [5.41, 5.74) is -0.0247. The maximum absolute atomic E-state index is 13.0. The molecule has 0 unspecified atom stereocenters. The van der Waals surface area contributed by atoms with Crippen LogP contribution in [0.25, 0.3) is 0 Å². The van der Waals surface area contributed by atoms with Crippen molar-refractivity contribution in [2.75, 3.05) is 19.7 Å². The molecule has 1 aromatic rings. The number of rotatable bonds is 8. The van der Waals surface area contributed by atoms with Crippen LogP contribution in [0, 0.1) is 23.2 Å². The van der Waals surface area contributed by atoms with Gasteiger partial charge in [-0.25, -0.2) is 13.2 Å². The van der Waals surface area contributed by atoms with Crippen molar-refractivity contribution < 1.29 is 22.7 Å². The molecule has 6 nitrogen and oxygen atoms in total. The fraction of sp³-hybridized carbons (Fsp3) is 0.652. The van der Waals surface area contributed by atoms with Crippen molar-refractivity contribution in [1.82, 2.24) is 4.31 Å². The number of ether oxygens (including phenoxy) is 1. The number of ketones is 1. The minimum atomic E-state index is -3.57. The Kier molecular flexibility index (Phi) is 5.79. The van der Waals surface area contributed by atoms with Gasteiger partial charge in [0, 0.05) is 18.5 Å². The van der Waals surface area contributed by atoms with Crippen molar-refractivity contribution in [3.8, 4) is 0 Å². The molecule has 0 atom stereocenters. The van der Waals surface area contributed by atoms with Gasteiger partial charge in [-0.3, -0.25) is 4.79 Å². The highest BCUT2D eigenvalue weighted by atomic mass is 32.2. The summed E-state index contributed by atoms with van der Waals surface area (Å²) < 4.78 is 31.8. The average Bonchev–Trinajstić information content (AvgIpc) is 2.71. The van der Waals surface area contributed by atoms with E-state index in [0.29, 0.717) is 30.8 Å². The summed E-state index contributed by atoms with van der Waals surface area (Å²) in [6.07, 6.45) is 6.63. The van der Waals surface area contributed by atoms with Crippen LogP contribution < -0.4 is 0 Å². The molecule has 0 aromatic heterocycles. The van der Waals surface area contributed by atoms with Crippen LogP contribution in [-0.4, -0.2) is 44.2 Å². The van der Waals surface area contributed by atoms with E-state index in [-0.39, 0.29) is 28.3 Å². The van der Waals surface area contributed by atoms with E-state index in [9.17, 15) is 18.0 Å². The van der Waals surface area contributed by atoms with Gasteiger partial charge in [-0.05, 0) is 80.5 Å². The van der Waals surface area contributed by atoms with E-state index in [0.717, 1.165) is 19.3 Å². The lowest BCUT2D eigenvalue weighted by molar-refractivity contribution is -0.147. The van der Waals surface area contributed by atoms with Gasteiger partial charge in [0.15, 0.2) is 12.4 Å². The molecule has 0 heterocycles. The molecule has 164 valence electrons. The predicted octanol–water partition coefficient (Wildman–Crippen LogP) is 3.66. The molecule has 0 radical (unpaired) electrons. The molecule has 4 aliphatic carbocycles. The van der Waals surface area contributed by atoms with Crippen LogP contribution in [0.15, 0.2) is 29.2 Å². The Bertz CT molecular complexity index is 882. The van der Waals surface area contributed by atoms with Crippen molar-refractivity contribution in [1.29, 1.82) is 0 Å². The Hall–Kier alpha value is -1.73. The van der Waals surface area contributed by atoms with E-state index in [2.05, 4.69) is 0 Å². The zero-order chi connectivity index (χ0) is 21.5. The quantitative estimate of drug-likeness (QED) is 0.585. The van der Waals surface area contributed by atoms with E-state index in [1.165, 1.54) is 47.8 Å². The Labute approximate surface area is 179 Å². The molecule has 0 spiro atoms. The van der Waals surface area contributed by atoms with Crippen molar-refractivity contribution >= 4 is 21.8 Å². The molecule has 1 aromatic carbocycles. The predicted molar refractivity (Wildman–Crippen MR) is 112 cm³/mol. The normalized spacial score (nSPS) is 29.9. The average molecular weight is 434 g/mol. The third-order valence-corrected chi connectivity index (χ3v) is 9.46. The number of carbonyl (C=O) groups is 2. The number of carbonyl (C=O) groups excluding carboxylic acids is 2. The third kappa shape index (κ3) is 3.82. The number of hydrogen-bond acceptors (Lipinski definition) is 5. The Morgan fingerprint density at radius 2 is 1.47 bits per heavy atom. The van der Waals surface area contributed by atoms with Crippen LogP contribution in [-0.2, 0) is 19.6 Å². The van der Waals surface area contributed by atoms with E-state index in [1.54, 1.807) is 13.8 Å². The van der Waals surface area contributed by atoms with E-state index >= 15 is 0 Å². The lowest BCUT2D eigenvalue weighted by Gasteiger charge is -2.55. The van der Waals surface area contributed by atoms with Gasteiger partial charge < -0.3 is 4.74 Å². The van der Waals surface area contributed by atoms with Crippen LogP contribution >= 0.6 is 0 Å². The first-order valence-corrected chi connectivity index (χ1v) is 12.5. The number of esters is 1. The van der Waals surface area contributed by atoms with Crippen LogP contribution in [0.1, 0.15) is 62.7 Å². The highest BCUT2D eigenvalue weighted by molar-refractivity contribution is 7.89. The SMILES string of the molecule is CCN(CC)S(=O)(=O)c1ccc(C(=O)OCC(=O)C23CC4CC(CC(C4)C2)C3)cc1. The maximum atomic E-state index is 13.0. The zero-order valence-electron chi connectivity index (χ0n) is 17.8. The molecule has 4 bridgehead atoms. The van der Waals surface area contributed by atoms with Crippen LogP contribution in [0.4, 0.5) is 0 Å². The summed E-state index contributed by atoms with van der Waals surface area (Å²) in [4.78, 5) is 25.6. The number of benzene rings is 1.